The van der Waals surface area contributed by atoms with Gasteiger partial charge in [-0.25, -0.2) is 0 Å². The average molecular weight is 253 g/mol. The molecule has 5 heteroatoms. The molecule has 1 aromatic rings. The summed E-state index contributed by atoms with van der Waals surface area (Å²) in [4.78, 5) is 10.7. The maximum absolute atomic E-state index is 11.1. The van der Waals surface area contributed by atoms with Crippen LogP contribution in [-0.2, 0) is 0 Å². The Morgan fingerprint density at radius 3 is 2.00 bits per heavy atom. The van der Waals surface area contributed by atoms with Gasteiger partial charge < -0.3 is 9.47 Å². The molecule has 100 valence electrons. The van der Waals surface area contributed by atoms with Gasteiger partial charge in [0.2, 0.25) is 0 Å². The zero-order valence-corrected chi connectivity index (χ0v) is 11.4. The van der Waals surface area contributed by atoms with E-state index in [9.17, 15) is 10.1 Å². The third-order valence-electron chi connectivity index (χ3n) is 3.22. The van der Waals surface area contributed by atoms with Gasteiger partial charge in [0.1, 0.15) is 0 Å². The van der Waals surface area contributed by atoms with Gasteiger partial charge in [-0.2, -0.15) is 0 Å². The molecule has 18 heavy (non-hydrogen) atoms. The van der Waals surface area contributed by atoms with Crippen LogP contribution in [0, 0.1) is 16.0 Å². The van der Waals surface area contributed by atoms with Crippen molar-refractivity contribution in [3.63, 3.8) is 0 Å². The van der Waals surface area contributed by atoms with Crippen LogP contribution in [0.1, 0.15) is 32.3 Å². The summed E-state index contributed by atoms with van der Waals surface area (Å²) in [5, 5.41) is 11.1. The van der Waals surface area contributed by atoms with Crippen molar-refractivity contribution in [3.05, 3.63) is 27.8 Å². The summed E-state index contributed by atoms with van der Waals surface area (Å²) in [6.45, 7) is 6.04. The van der Waals surface area contributed by atoms with Crippen molar-refractivity contribution in [2.45, 2.75) is 26.7 Å². The number of nitro groups is 1. The first kappa shape index (κ1) is 14.3. The predicted molar refractivity (Wildman–Crippen MR) is 69.5 cm³/mol. The second-order valence-electron chi connectivity index (χ2n) is 4.56. The van der Waals surface area contributed by atoms with Crippen molar-refractivity contribution in [1.82, 2.24) is 0 Å². The summed E-state index contributed by atoms with van der Waals surface area (Å²) in [5.41, 5.74) is 0.751. The molecular weight excluding hydrogens is 234 g/mol. The molecule has 5 nitrogen and oxygen atoms in total. The molecule has 0 aliphatic heterocycles. The van der Waals surface area contributed by atoms with E-state index in [-0.39, 0.29) is 16.5 Å². The Labute approximate surface area is 107 Å². The molecule has 0 fully saturated rings. The second kappa shape index (κ2) is 5.71. The highest BCUT2D eigenvalue weighted by Gasteiger charge is 2.24. The number of nitrogens with zero attached hydrogens (tertiary/aromatic N) is 1. The van der Waals surface area contributed by atoms with E-state index in [1.54, 1.807) is 6.07 Å². The van der Waals surface area contributed by atoms with E-state index in [2.05, 4.69) is 0 Å². The largest absolute Gasteiger partial charge is 0.493 e. The minimum Gasteiger partial charge on any atom is -0.493 e. The molecule has 0 saturated heterocycles. The van der Waals surface area contributed by atoms with E-state index in [0.29, 0.717) is 23.0 Å². The summed E-state index contributed by atoms with van der Waals surface area (Å²) in [5.74, 6) is 1.28. The lowest BCUT2D eigenvalue weighted by molar-refractivity contribution is -0.385. The topological polar surface area (TPSA) is 61.6 Å². The Bertz CT molecular complexity index is 443. The van der Waals surface area contributed by atoms with Crippen molar-refractivity contribution in [2.75, 3.05) is 14.2 Å². The van der Waals surface area contributed by atoms with Crippen LogP contribution < -0.4 is 9.47 Å². The molecule has 1 atom stereocenters. The van der Waals surface area contributed by atoms with E-state index in [4.69, 9.17) is 9.47 Å². The first-order valence-corrected chi connectivity index (χ1v) is 5.82. The van der Waals surface area contributed by atoms with E-state index in [0.717, 1.165) is 0 Å². The zero-order valence-electron chi connectivity index (χ0n) is 11.4. The predicted octanol–water partition coefficient (Wildman–Crippen LogP) is 3.37. The molecule has 0 aromatic heterocycles. The van der Waals surface area contributed by atoms with Crippen LogP contribution in [0.15, 0.2) is 12.1 Å². The molecule has 0 N–H and O–H groups in total. The molecule has 0 aliphatic rings. The lowest BCUT2D eigenvalue weighted by Gasteiger charge is -2.18. The van der Waals surface area contributed by atoms with Gasteiger partial charge in [0.25, 0.3) is 5.69 Å². The molecule has 0 saturated carbocycles. The smallest absolute Gasteiger partial charge is 0.276 e. The Kier molecular flexibility index (Phi) is 4.53. The van der Waals surface area contributed by atoms with Crippen molar-refractivity contribution in [1.29, 1.82) is 0 Å². The number of ether oxygens (including phenoxy) is 2. The fraction of sp³-hybridized carbons (Fsp3) is 0.538. The van der Waals surface area contributed by atoms with Crippen molar-refractivity contribution in [2.24, 2.45) is 5.92 Å². The normalized spacial score (nSPS) is 12.3. The molecule has 0 aliphatic carbocycles. The molecule has 0 bridgehead atoms. The molecule has 1 aromatic carbocycles. The first-order valence-electron chi connectivity index (χ1n) is 5.82. The molecular formula is C13H19NO4. The SMILES string of the molecule is COc1cc(C(C)C(C)C)c([N+](=O)[O-])cc1OC. The van der Waals surface area contributed by atoms with Gasteiger partial charge in [-0.15, -0.1) is 0 Å². The number of methoxy groups -OCH3 is 2. The zero-order chi connectivity index (χ0) is 13.9. The van der Waals surface area contributed by atoms with Crippen LogP contribution in [0.3, 0.4) is 0 Å². The third-order valence-corrected chi connectivity index (χ3v) is 3.22. The number of nitro benzene ring substituents is 1. The third kappa shape index (κ3) is 2.72. The standard InChI is InChI=1S/C13H19NO4/c1-8(2)9(3)10-6-12(17-4)13(18-5)7-11(10)14(15)16/h6-9H,1-5H3. The fourth-order valence-electron chi connectivity index (χ4n) is 1.77. The van der Waals surface area contributed by atoms with E-state index >= 15 is 0 Å². The quantitative estimate of drug-likeness (QED) is 0.596. The average Bonchev–Trinajstić information content (AvgIpc) is 2.35. The lowest BCUT2D eigenvalue weighted by atomic mass is 9.89. The molecule has 1 unspecified atom stereocenters. The molecule has 0 spiro atoms. The summed E-state index contributed by atoms with van der Waals surface area (Å²) >= 11 is 0. The Morgan fingerprint density at radius 2 is 1.61 bits per heavy atom. The van der Waals surface area contributed by atoms with Crippen LogP contribution in [0.25, 0.3) is 0 Å². The Morgan fingerprint density at radius 1 is 1.11 bits per heavy atom. The van der Waals surface area contributed by atoms with Gasteiger partial charge in [0.15, 0.2) is 11.5 Å². The summed E-state index contributed by atoms with van der Waals surface area (Å²) in [6.07, 6.45) is 0. The Balaban J connectivity index is 3.42. The van der Waals surface area contributed by atoms with Gasteiger partial charge in [-0.05, 0) is 17.9 Å². The molecule has 0 radical (unpaired) electrons. The lowest BCUT2D eigenvalue weighted by Crippen LogP contribution is -2.07. The first-order chi connectivity index (χ1) is 8.42. The number of benzene rings is 1. The van der Waals surface area contributed by atoms with Crippen molar-refractivity contribution < 1.29 is 14.4 Å². The monoisotopic (exact) mass is 253 g/mol. The maximum Gasteiger partial charge on any atom is 0.276 e. The van der Waals surface area contributed by atoms with Gasteiger partial charge in [-0.1, -0.05) is 20.8 Å². The highest BCUT2D eigenvalue weighted by Crippen LogP contribution is 2.39. The minimum atomic E-state index is -0.379. The highest BCUT2D eigenvalue weighted by molar-refractivity contribution is 5.55. The Hall–Kier alpha value is -1.78. The van der Waals surface area contributed by atoms with Crippen LogP contribution in [0.5, 0.6) is 11.5 Å². The second-order valence-corrected chi connectivity index (χ2v) is 4.56. The highest BCUT2D eigenvalue weighted by atomic mass is 16.6. The summed E-state index contributed by atoms with van der Waals surface area (Å²) in [7, 11) is 2.99. The summed E-state index contributed by atoms with van der Waals surface area (Å²) in [6, 6.07) is 3.12. The van der Waals surface area contributed by atoms with Crippen LogP contribution in [-0.4, -0.2) is 19.1 Å². The van der Waals surface area contributed by atoms with Crippen LogP contribution >= 0.6 is 0 Å². The van der Waals surface area contributed by atoms with Gasteiger partial charge in [0, 0.05) is 5.56 Å². The van der Waals surface area contributed by atoms with E-state index in [1.165, 1.54) is 20.3 Å². The minimum absolute atomic E-state index is 0.0743. The number of hydrogen-bond donors (Lipinski definition) is 0. The van der Waals surface area contributed by atoms with Crippen LogP contribution in [0.2, 0.25) is 0 Å². The van der Waals surface area contributed by atoms with E-state index < -0.39 is 0 Å². The van der Waals surface area contributed by atoms with Gasteiger partial charge in [-0.3, -0.25) is 10.1 Å². The summed E-state index contributed by atoms with van der Waals surface area (Å²) < 4.78 is 10.3. The number of rotatable bonds is 5. The fourth-order valence-corrected chi connectivity index (χ4v) is 1.77. The molecule has 1 rings (SSSR count). The van der Waals surface area contributed by atoms with Crippen LogP contribution in [0.4, 0.5) is 5.69 Å². The molecule has 0 amide bonds. The van der Waals surface area contributed by atoms with E-state index in [1.807, 2.05) is 20.8 Å². The van der Waals surface area contributed by atoms with Gasteiger partial charge >= 0.3 is 0 Å². The van der Waals surface area contributed by atoms with Crippen molar-refractivity contribution in [3.8, 4) is 11.5 Å². The number of hydrogen-bond acceptors (Lipinski definition) is 4. The molecule has 0 heterocycles. The maximum atomic E-state index is 11.1. The van der Waals surface area contributed by atoms with Gasteiger partial charge in [0.05, 0.1) is 25.2 Å². The van der Waals surface area contributed by atoms with Crippen molar-refractivity contribution >= 4 is 5.69 Å².